The van der Waals surface area contributed by atoms with Crippen molar-refractivity contribution in [2.45, 2.75) is 19.3 Å². The van der Waals surface area contributed by atoms with Crippen LogP contribution in [0.15, 0.2) is 84.9 Å². The Bertz CT molecular complexity index is 1180. The Morgan fingerprint density at radius 1 is 0.677 bits per heavy atom. The average Bonchev–Trinajstić information content (AvgIpc) is 2.77. The Morgan fingerprint density at radius 3 is 1.87 bits per heavy atom. The van der Waals surface area contributed by atoms with Crippen molar-refractivity contribution >= 4 is 0 Å². The SMILES string of the molecule is C[C@H](Cc1ccc(-c2cc(F)c(-c3ccc(O)c(F)c3)c(F)c2)cc1)c1ccccc1. The molecular weight excluding hydrogens is 397 g/mol. The minimum absolute atomic E-state index is 0.0297. The van der Waals surface area contributed by atoms with Crippen LogP contribution in [-0.4, -0.2) is 5.11 Å². The van der Waals surface area contributed by atoms with Gasteiger partial charge in [-0.25, -0.2) is 13.2 Å². The summed E-state index contributed by atoms with van der Waals surface area (Å²) < 4.78 is 43.1. The summed E-state index contributed by atoms with van der Waals surface area (Å²) in [5.74, 6) is -2.72. The first-order valence-electron chi connectivity index (χ1n) is 10.0. The van der Waals surface area contributed by atoms with Crippen molar-refractivity contribution in [3.05, 3.63) is 114 Å². The van der Waals surface area contributed by atoms with Gasteiger partial charge in [-0.1, -0.05) is 67.6 Å². The minimum Gasteiger partial charge on any atom is -0.505 e. The van der Waals surface area contributed by atoms with Crippen molar-refractivity contribution < 1.29 is 18.3 Å². The Morgan fingerprint density at radius 2 is 1.26 bits per heavy atom. The summed E-state index contributed by atoms with van der Waals surface area (Å²) in [5, 5.41) is 9.30. The van der Waals surface area contributed by atoms with E-state index in [4.69, 9.17) is 0 Å². The highest BCUT2D eigenvalue weighted by molar-refractivity contribution is 5.72. The molecule has 0 aromatic heterocycles. The molecule has 0 radical (unpaired) electrons. The second-order valence-corrected chi connectivity index (χ2v) is 7.69. The van der Waals surface area contributed by atoms with E-state index < -0.39 is 23.2 Å². The van der Waals surface area contributed by atoms with E-state index in [0.29, 0.717) is 17.0 Å². The number of aromatic hydroxyl groups is 1. The Kier molecular flexibility index (Phi) is 5.81. The van der Waals surface area contributed by atoms with Gasteiger partial charge in [-0.2, -0.15) is 0 Å². The molecular formula is C27H21F3O. The number of halogens is 3. The molecule has 4 heteroatoms. The number of benzene rings is 4. The third-order valence-corrected chi connectivity index (χ3v) is 5.48. The Labute approximate surface area is 179 Å². The molecule has 0 saturated carbocycles. The molecule has 1 nitrogen and oxygen atoms in total. The summed E-state index contributed by atoms with van der Waals surface area (Å²) in [5.41, 5.74) is 3.20. The number of phenols is 1. The zero-order chi connectivity index (χ0) is 22.0. The average molecular weight is 418 g/mol. The lowest BCUT2D eigenvalue weighted by molar-refractivity contribution is 0.432. The van der Waals surface area contributed by atoms with E-state index in [9.17, 15) is 18.3 Å². The molecule has 1 N–H and O–H groups in total. The van der Waals surface area contributed by atoms with Crippen LogP contribution in [0.25, 0.3) is 22.3 Å². The van der Waals surface area contributed by atoms with E-state index in [1.165, 1.54) is 23.8 Å². The molecule has 4 aromatic rings. The summed E-state index contributed by atoms with van der Waals surface area (Å²) in [6.07, 6.45) is 0.859. The third kappa shape index (κ3) is 4.48. The first kappa shape index (κ1) is 20.7. The number of hydrogen-bond donors (Lipinski definition) is 1. The van der Waals surface area contributed by atoms with Crippen LogP contribution in [0.1, 0.15) is 24.0 Å². The van der Waals surface area contributed by atoms with Gasteiger partial charge in [0, 0.05) is 0 Å². The van der Waals surface area contributed by atoms with Crippen LogP contribution in [-0.2, 0) is 6.42 Å². The second kappa shape index (κ2) is 8.68. The summed E-state index contributed by atoms with van der Waals surface area (Å²) in [6.45, 7) is 2.17. The van der Waals surface area contributed by atoms with Crippen LogP contribution in [0.2, 0.25) is 0 Å². The summed E-state index contributed by atoms with van der Waals surface area (Å²) in [4.78, 5) is 0. The largest absolute Gasteiger partial charge is 0.505 e. The van der Waals surface area contributed by atoms with E-state index in [1.54, 1.807) is 0 Å². The summed E-state index contributed by atoms with van der Waals surface area (Å²) in [7, 11) is 0. The lowest BCUT2D eigenvalue weighted by atomic mass is 9.92. The predicted molar refractivity (Wildman–Crippen MR) is 117 cm³/mol. The van der Waals surface area contributed by atoms with Crippen LogP contribution in [0.4, 0.5) is 13.2 Å². The van der Waals surface area contributed by atoms with E-state index >= 15 is 0 Å². The van der Waals surface area contributed by atoms with E-state index in [0.717, 1.165) is 24.1 Å². The standard InChI is InChI=1S/C27H21F3O/c1-17(19-5-3-2-4-6-19)13-18-7-9-20(10-8-18)22-15-24(29)27(25(30)16-22)21-11-12-26(31)23(28)14-21/h2-12,14-17,31H,13H2,1H3/t17-/m1/s1. The smallest absolute Gasteiger partial charge is 0.165 e. The lowest BCUT2D eigenvalue weighted by Crippen LogP contribution is -1.98. The van der Waals surface area contributed by atoms with E-state index in [2.05, 4.69) is 19.1 Å². The van der Waals surface area contributed by atoms with Crippen molar-refractivity contribution in [2.75, 3.05) is 0 Å². The Hall–Kier alpha value is -3.53. The monoisotopic (exact) mass is 418 g/mol. The van der Waals surface area contributed by atoms with Gasteiger partial charge in [0.25, 0.3) is 0 Å². The minimum atomic E-state index is -0.930. The molecule has 4 rings (SSSR count). The van der Waals surface area contributed by atoms with Crippen LogP contribution in [0, 0.1) is 17.5 Å². The zero-order valence-corrected chi connectivity index (χ0v) is 16.9. The van der Waals surface area contributed by atoms with Gasteiger partial charge in [0.1, 0.15) is 11.6 Å². The summed E-state index contributed by atoms with van der Waals surface area (Å²) >= 11 is 0. The molecule has 0 amide bonds. The molecule has 0 aliphatic carbocycles. The van der Waals surface area contributed by atoms with Crippen LogP contribution in [0.5, 0.6) is 5.75 Å². The maximum atomic E-state index is 14.7. The molecule has 0 bridgehead atoms. The molecule has 0 aliphatic rings. The van der Waals surface area contributed by atoms with Gasteiger partial charge in [-0.15, -0.1) is 0 Å². The zero-order valence-electron chi connectivity index (χ0n) is 16.9. The fourth-order valence-corrected chi connectivity index (χ4v) is 3.76. The van der Waals surface area contributed by atoms with Gasteiger partial charge in [-0.3, -0.25) is 0 Å². The maximum Gasteiger partial charge on any atom is 0.165 e. The molecule has 0 unspecified atom stereocenters. The second-order valence-electron chi connectivity index (χ2n) is 7.69. The molecule has 4 aromatic carbocycles. The fourth-order valence-electron chi connectivity index (χ4n) is 3.76. The van der Waals surface area contributed by atoms with Crippen LogP contribution >= 0.6 is 0 Å². The highest BCUT2D eigenvalue weighted by Crippen LogP contribution is 2.33. The van der Waals surface area contributed by atoms with Crippen molar-refractivity contribution in [3.8, 4) is 28.0 Å². The van der Waals surface area contributed by atoms with Crippen molar-refractivity contribution in [1.29, 1.82) is 0 Å². The number of phenolic OH excluding ortho intramolecular Hbond substituents is 1. The van der Waals surface area contributed by atoms with Crippen LogP contribution < -0.4 is 0 Å². The van der Waals surface area contributed by atoms with Gasteiger partial charge >= 0.3 is 0 Å². The number of hydrogen-bond acceptors (Lipinski definition) is 1. The first-order valence-corrected chi connectivity index (χ1v) is 10.0. The van der Waals surface area contributed by atoms with Gasteiger partial charge in [-0.05, 0) is 64.4 Å². The highest BCUT2D eigenvalue weighted by atomic mass is 19.1. The lowest BCUT2D eigenvalue weighted by Gasteiger charge is -2.13. The highest BCUT2D eigenvalue weighted by Gasteiger charge is 2.16. The predicted octanol–water partition coefficient (Wildman–Crippen LogP) is 7.49. The van der Waals surface area contributed by atoms with Crippen molar-refractivity contribution in [3.63, 3.8) is 0 Å². The molecule has 0 fully saturated rings. The molecule has 0 spiro atoms. The summed E-state index contributed by atoms with van der Waals surface area (Å²) in [6, 6.07) is 23.6. The van der Waals surface area contributed by atoms with Crippen LogP contribution in [0.3, 0.4) is 0 Å². The normalized spacial score (nSPS) is 12.0. The molecule has 31 heavy (non-hydrogen) atoms. The van der Waals surface area contributed by atoms with Gasteiger partial charge < -0.3 is 5.11 Å². The first-order chi connectivity index (χ1) is 14.9. The third-order valence-electron chi connectivity index (χ3n) is 5.48. The topological polar surface area (TPSA) is 20.2 Å². The Balaban J connectivity index is 1.58. The van der Waals surface area contributed by atoms with E-state index in [1.807, 2.05) is 42.5 Å². The van der Waals surface area contributed by atoms with Gasteiger partial charge in [0.05, 0.1) is 5.56 Å². The van der Waals surface area contributed by atoms with Gasteiger partial charge in [0.2, 0.25) is 0 Å². The molecule has 0 aliphatic heterocycles. The quantitative estimate of drug-likeness (QED) is 0.356. The molecule has 1 atom stereocenters. The van der Waals surface area contributed by atoms with Crippen molar-refractivity contribution in [1.82, 2.24) is 0 Å². The molecule has 0 heterocycles. The van der Waals surface area contributed by atoms with Gasteiger partial charge in [0.15, 0.2) is 11.6 Å². The molecule has 156 valence electrons. The number of rotatable bonds is 5. The maximum absolute atomic E-state index is 14.7. The fraction of sp³-hybridized carbons (Fsp3) is 0.111. The van der Waals surface area contributed by atoms with Crippen molar-refractivity contribution in [2.24, 2.45) is 0 Å². The molecule has 0 saturated heterocycles. The van der Waals surface area contributed by atoms with E-state index in [-0.39, 0.29) is 11.1 Å².